The van der Waals surface area contributed by atoms with Crippen molar-refractivity contribution in [3.63, 3.8) is 0 Å². The summed E-state index contributed by atoms with van der Waals surface area (Å²) in [5, 5.41) is 9.39. The summed E-state index contributed by atoms with van der Waals surface area (Å²) < 4.78 is 1.83. The van der Waals surface area contributed by atoms with E-state index in [2.05, 4.69) is 10.4 Å². The number of aryl methyl sites for hydroxylation is 1. The number of nitrogens with two attached hydrogens (primary N) is 1. The zero-order chi connectivity index (χ0) is 20.6. The van der Waals surface area contributed by atoms with Gasteiger partial charge in [0.25, 0.3) is 5.91 Å². The molecule has 2 amide bonds. The van der Waals surface area contributed by atoms with Crippen LogP contribution in [-0.4, -0.2) is 28.1 Å². The molecule has 28 heavy (non-hydrogen) atoms. The van der Waals surface area contributed by atoms with E-state index in [1.165, 1.54) is 11.3 Å². The van der Waals surface area contributed by atoms with Crippen LogP contribution in [0.2, 0.25) is 10.0 Å². The van der Waals surface area contributed by atoms with E-state index in [1.54, 1.807) is 26.0 Å². The Balaban J connectivity index is 1.85. The average molecular weight is 439 g/mol. The summed E-state index contributed by atoms with van der Waals surface area (Å²) in [6, 6.07) is 7.15. The Morgan fingerprint density at radius 1 is 1.29 bits per heavy atom. The van der Waals surface area contributed by atoms with Crippen LogP contribution in [0.3, 0.4) is 0 Å². The maximum Gasteiger partial charge on any atom is 0.261 e. The van der Waals surface area contributed by atoms with Crippen LogP contribution < -0.4 is 11.1 Å². The summed E-state index contributed by atoms with van der Waals surface area (Å²) in [5.74, 6) is -0.707. The first kappa shape index (κ1) is 20.6. The van der Waals surface area contributed by atoms with Gasteiger partial charge in [0.15, 0.2) is 0 Å². The van der Waals surface area contributed by atoms with Crippen molar-refractivity contribution in [2.24, 2.45) is 11.1 Å². The molecule has 0 aliphatic carbocycles. The molecule has 0 bridgehead atoms. The molecule has 3 rings (SSSR count). The number of halogens is 2. The summed E-state index contributed by atoms with van der Waals surface area (Å²) in [5.41, 5.74) is 6.25. The quantitative estimate of drug-likeness (QED) is 0.608. The van der Waals surface area contributed by atoms with Crippen LogP contribution in [0.25, 0.3) is 10.2 Å². The molecular weight excluding hydrogens is 419 g/mol. The SMILES string of the molecule is Cc1nn(Cc2ccc(Cl)cc2Cl)c2sc(C(=O)NCC(C)(C)C(N)=O)cc12. The second kappa shape index (κ2) is 7.73. The molecule has 3 aromatic rings. The van der Waals surface area contributed by atoms with Crippen LogP contribution in [0.4, 0.5) is 0 Å². The molecule has 0 saturated heterocycles. The number of thiophene rings is 1. The molecule has 9 heteroatoms. The first-order valence-electron chi connectivity index (χ1n) is 8.57. The van der Waals surface area contributed by atoms with E-state index in [4.69, 9.17) is 28.9 Å². The van der Waals surface area contributed by atoms with Crippen molar-refractivity contribution in [2.45, 2.75) is 27.3 Å². The topological polar surface area (TPSA) is 90.0 Å². The Morgan fingerprint density at radius 2 is 2.00 bits per heavy atom. The minimum atomic E-state index is -0.815. The fourth-order valence-corrected chi connectivity index (χ4v) is 4.16. The van der Waals surface area contributed by atoms with Crippen LogP contribution in [0.15, 0.2) is 24.3 Å². The standard InChI is InChI=1S/C19H20Cl2N4O2S/c1-10-13-7-15(16(26)23-9-19(2,3)18(22)27)28-17(13)25(24-10)8-11-4-5-12(20)6-14(11)21/h4-7H,8-9H2,1-3H3,(H2,22,27)(H,23,26). The molecule has 0 atom stereocenters. The highest BCUT2D eigenvalue weighted by Crippen LogP contribution is 2.30. The van der Waals surface area contributed by atoms with Crippen molar-refractivity contribution in [3.05, 3.63) is 50.4 Å². The molecule has 2 heterocycles. The van der Waals surface area contributed by atoms with E-state index in [-0.39, 0.29) is 12.5 Å². The maximum atomic E-state index is 12.5. The number of benzene rings is 1. The summed E-state index contributed by atoms with van der Waals surface area (Å²) in [4.78, 5) is 25.4. The summed E-state index contributed by atoms with van der Waals surface area (Å²) in [7, 11) is 0. The molecule has 0 aliphatic rings. The lowest BCUT2D eigenvalue weighted by Crippen LogP contribution is -2.42. The van der Waals surface area contributed by atoms with E-state index in [0.717, 1.165) is 21.5 Å². The van der Waals surface area contributed by atoms with Crippen LogP contribution in [-0.2, 0) is 11.3 Å². The maximum absolute atomic E-state index is 12.5. The highest BCUT2D eigenvalue weighted by atomic mass is 35.5. The molecule has 148 valence electrons. The van der Waals surface area contributed by atoms with E-state index < -0.39 is 11.3 Å². The van der Waals surface area contributed by atoms with Crippen LogP contribution in [0, 0.1) is 12.3 Å². The van der Waals surface area contributed by atoms with E-state index >= 15 is 0 Å². The Hall–Kier alpha value is -2.09. The molecule has 0 aliphatic heterocycles. The molecule has 1 aromatic carbocycles. The summed E-state index contributed by atoms with van der Waals surface area (Å²) in [6.45, 7) is 5.92. The fraction of sp³-hybridized carbons (Fsp3) is 0.316. The highest BCUT2D eigenvalue weighted by Gasteiger charge is 2.26. The molecule has 0 saturated carbocycles. The van der Waals surface area contributed by atoms with Crippen molar-refractivity contribution in [3.8, 4) is 0 Å². The zero-order valence-corrected chi connectivity index (χ0v) is 18.0. The Morgan fingerprint density at radius 3 is 2.64 bits per heavy atom. The molecule has 0 radical (unpaired) electrons. The Labute approximate surface area is 176 Å². The third kappa shape index (κ3) is 4.16. The van der Waals surface area contributed by atoms with Gasteiger partial charge in [0, 0.05) is 22.0 Å². The predicted molar refractivity (Wildman–Crippen MR) is 113 cm³/mol. The lowest BCUT2D eigenvalue weighted by Gasteiger charge is -2.20. The monoisotopic (exact) mass is 438 g/mol. The van der Waals surface area contributed by atoms with Crippen molar-refractivity contribution < 1.29 is 9.59 Å². The lowest BCUT2D eigenvalue weighted by atomic mass is 9.93. The van der Waals surface area contributed by atoms with Crippen molar-refractivity contribution in [1.82, 2.24) is 15.1 Å². The number of hydrogen-bond donors (Lipinski definition) is 2. The first-order chi connectivity index (χ1) is 13.1. The minimum absolute atomic E-state index is 0.168. The second-order valence-electron chi connectivity index (χ2n) is 7.24. The normalized spacial score (nSPS) is 11.8. The number of hydrogen-bond acceptors (Lipinski definition) is 4. The largest absolute Gasteiger partial charge is 0.369 e. The molecule has 3 N–H and O–H groups in total. The number of nitrogens with zero attached hydrogens (tertiary/aromatic N) is 2. The van der Waals surface area contributed by atoms with Crippen LogP contribution in [0.1, 0.15) is 34.8 Å². The number of rotatable bonds is 6. The van der Waals surface area contributed by atoms with Gasteiger partial charge in [0.2, 0.25) is 5.91 Å². The van der Waals surface area contributed by atoms with Crippen molar-refractivity contribution >= 4 is 56.6 Å². The Bertz CT molecular complexity index is 1070. The average Bonchev–Trinajstić information content (AvgIpc) is 3.17. The van der Waals surface area contributed by atoms with Gasteiger partial charge < -0.3 is 11.1 Å². The van der Waals surface area contributed by atoms with Crippen molar-refractivity contribution in [2.75, 3.05) is 6.54 Å². The number of amides is 2. The van der Waals surface area contributed by atoms with Gasteiger partial charge in [-0.05, 0) is 44.5 Å². The number of fused-ring (bicyclic) bond motifs is 1. The predicted octanol–water partition coefficient (Wildman–Crippen LogP) is 4.00. The molecule has 6 nitrogen and oxygen atoms in total. The van der Waals surface area contributed by atoms with Gasteiger partial charge in [-0.2, -0.15) is 5.10 Å². The first-order valence-corrected chi connectivity index (χ1v) is 10.1. The van der Waals surface area contributed by atoms with E-state index in [0.29, 0.717) is 21.5 Å². The molecular formula is C19H20Cl2N4O2S. The van der Waals surface area contributed by atoms with E-state index in [1.807, 2.05) is 23.7 Å². The fourth-order valence-electron chi connectivity index (χ4n) is 2.62. The smallest absolute Gasteiger partial charge is 0.261 e. The lowest BCUT2D eigenvalue weighted by molar-refractivity contribution is -0.125. The zero-order valence-electron chi connectivity index (χ0n) is 15.7. The molecule has 2 aromatic heterocycles. The van der Waals surface area contributed by atoms with E-state index in [9.17, 15) is 9.59 Å². The van der Waals surface area contributed by atoms with Crippen LogP contribution >= 0.6 is 34.5 Å². The van der Waals surface area contributed by atoms with Crippen molar-refractivity contribution in [1.29, 1.82) is 0 Å². The van der Waals surface area contributed by atoms with Gasteiger partial charge in [-0.3, -0.25) is 14.3 Å². The van der Waals surface area contributed by atoms with Gasteiger partial charge in [0.1, 0.15) is 4.83 Å². The summed E-state index contributed by atoms with van der Waals surface area (Å²) >= 11 is 13.6. The van der Waals surface area contributed by atoms with Gasteiger partial charge in [-0.1, -0.05) is 29.3 Å². The second-order valence-corrected chi connectivity index (χ2v) is 9.11. The molecule has 0 spiro atoms. The Kier molecular flexibility index (Phi) is 5.70. The highest BCUT2D eigenvalue weighted by molar-refractivity contribution is 7.20. The number of primary amides is 1. The van der Waals surface area contributed by atoms with Gasteiger partial charge in [-0.25, -0.2) is 0 Å². The van der Waals surface area contributed by atoms with Crippen LogP contribution in [0.5, 0.6) is 0 Å². The number of aromatic nitrogens is 2. The summed E-state index contributed by atoms with van der Waals surface area (Å²) in [6.07, 6.45) is 0. The third-order valence-electron chi connectivity index (χ3n) is 4.52. The minimum Gasteiger partial charge on any atom is -0.369 e. The van der Waals surface area contributed by atoms with Gasteiger partial charge in [0.05, 0.1) is 22.5 Å². The number of carbonyl (C=O) groups is 2. The van der Waals surface area contributed by atoms with Gasteiger partial charge >= 0.3 is 0 Å². The number of carbonyl (C=O) groups excluding carboxylic acids is 2. The van der Waals surface area contributed by atoms with Gasteiger partial charge in [-0.15, -0.1) is 11.3 Å². The molecule has 0 unspecified atom stereocenters. The molecule has 0 fully saturated rings. The number of nitrogens with one attached hydrogen (secondary N) is 1. The third-order valence-corrected chi connectivity index (χ3v) is 6.26.